The highest BCUT2D eigenvalue weighted by molar-refractivity contribution is 5.39. The Kier molecular flexibility index (Phi) is 11.5. The van der Waals surface area contributed by atoms with Gasteiger partial charge in [-0.3, -0.25) is 0 Å². The van der Waals surface area contributed by atoms with Gasteiger partial charge in [0.2, 0.25) is 0 Å². The summed E-state index contributed by atoms with van der Waals surface area (Å²) in [5, 5.41) is 0. The molecule has 36 heavy (non-hydrogen) atoms. The molecule has 0 amide bonds. The molecule has 0 aliphatic heterocycles. The molecule has 3 aliphatic rings. The number of hydrogen-bond acceptors (Lipinski definition) is 0. The van der Waals surface area contributed by atoms with E-state index in [1.165, 1.54) is 127 Å². The van der Waals surface area contributed by atoms with Crippen molar-refractivity contribution in [3.05, 3.63) is 47.5 Å². The lowest BCUT2D eigenvalue weighted by atomic mass is 9.68. The van der Waals surface area contributed by atoms with Crippen LogP contribution in [0.4, 0.5) is 0 Å². The zero-order valence-electron chi connectivity index (χ0n) is 23.7. The average molecular weight is 487 g/mol. The van der Waals surface area contributed by atoms with Gasteiger partial charge in [0.15, 0.2) is 0 Å². The predicted octanol–water partition coefficient (Wildman–Crippen LogP) is 10.9. The van der Waals surface area contributed by atoms with Gasteiger partial charge in [-0.1, -0.05) is 95.3 Å². The third-order valence-corrected chi connectivity index (χ3v) is 10.2. The Labute approximate surface area is 224 Å². The second kappa shape index (κ2) is 15.1. The van der Waals surface area contributed by atoms with E-state index in [9.17, 15) is 0 Å². The van der Waals surface area contributed by atoms with Crippen molar-refractivity contribution in [1.29, 1.82) is 0 Å². The minimum Gasteiger partial charge on any atom is -0.0730 e. The summed E-state index contributed by atoms with van der Waals surface area (Å²) in [5.74, 6) is 12.3. The molecule has 0 heterocycles. The molecule has 0 atom stereocenters. The van der Waals surface area contributed by atoms with Crippen molar-refractivity contribution in [2.24, 2.45) is 29.6 Å². The van der Waals surface area contributed by atoms with Crippen LogP contribution in [0.25, 0.3) is 0 Å². The number of hydrogen-bond donors (Lipinski definition) is 0. The first-order chi connectivity index (χ1) is 17.7. The number of rotatable bonds is 9. The Balaban J connectivity index is 1.15. The van der Waals surface area contributed by atoms with Crippen molar-refractivity contribution in [2.75, 3.05) is 0 Å². The smallest absolute Gasteiger partial charge is 0.0249 e. The van der Waals surface area contributed by atoms with Gasteiger partial charge in [-0.05, 0) is 123 Å². The molecule has 4 rings (SSSR count). The van der Waals surface area contributed by atoms with Gasteiger partial charge >= 0.3 is 0 Å². The number of benzene rings is 1. The summed E-state index contributed by atoms with van der Waals surface area (Å²) in [5.41, 5.74) is 2.70. The summed E-state index contributed by atoms with van der Waals surface area (Å²) in [6, 6.07) is 9.20. The van der Waals surface area contributed by atoms with Crippen LogP contribution in [-0.4, -0.2) is 0 Å². The number of allylic oxidation sites excluding steroid dienone is 2. The molecule has 1 aromatic carbocycles. The summed E-state index contributed by atoms with van der Waals surface area (Å²) in [4.78, 5) is 0. The van der Waals surface area contributed by atoms with E-state index in [1.54, 1.807) is 0 Å². The molecule has 0 bridgehead atoms. The van der Waals surface area contributed by atoms with Gasteiger partial charge in [-0.25, -0.2) is 0 Å². The lowest BCUT2D eigenvalue weighted by molar-refractivity contribution is 0.152. The van der Waals surface area contributed by atoms with Gasteiger partial charge in [0.1, 0.15) is 0 Å². The van der Waals surface area contributed by atoms with Crippen molar-refractivity contribution < 1.29 is 0 Å². The highest BCUT2D eigenvalue weighted by Crippen LogP contribution is 2.42. The SMILES string of the molecule is CCCCC1CCC(c2ccc(C#C/C=C/C3CCC(C4CCC(CCCC)CC4)CC3)cc2)CC1. The van der Waals surface area contributed by atoms with Gasteiger partial charge in [-0.2, -0.15) is 0 Å². The fourth-order valence-corrected chi connectivity index (χ4v) is 7.68. The van der Waals surface area contributed by atoms with Gasteiger partial charge in [0, 0.05) is 5.56 Å². The van der Waals surface area contributed by atoms with E-state index in [-0.39, 0.29) is 0 Å². The minimum atomic E-state index is 0.756. The van der Waals surface area contributed by atoms with Crippen molar-refractivity contribution >= 4 is 0 Å². The topological polar surface area (TPSA) is 0 Å². The van der Waals surface area contributed by atoms with Crippen LogP contribution in [0.15, 0.2) is 36.4 Å². The van der Waals surface area contributed by atoms with E-state index in [0.717, 1.165) is 35.5 Å². The van der Waals surface area contributed by atoms with Crippen molar-refractivity contribution in [1.82, 2.24) is 0 Å². The maximum absolute atomic E-state index is 3.39. The molecule has 3 fully saturated rings. The van der Waals surface area contributed by atoms with Crippen LogP contribution in [0.2, 0.25) is 0 Å². The standard InChI is InChI=1S/C36H54/c1-3-5-9-29-13-21-33(22-14-29)35-25-17-31(18-26-35)11-7-8-12-32-19-27-36(28-20-32)34-23-15-30(16-24-34)10-6-4-2/h7,11,19-20,27-31,33-35H,3-6,9-10,13-18,21-26H2,1-2H3/b11-7+. The van der Waals surface area contributed by atoms with E-state index in [2.05, 4.69) is 62.1 Å². The molecule has 0 N–H and O–H groups in total. The molecular formula is C36H54. The van der Waals surface area contributed by atoms with Gasteiger partial charge in [0.25, 0.3) is 0 Å². The largest absolute Gasteiger partial charge is 0.0730 e. The average Bonchev–Trinajstić information content (AvgIpc) is 2.94. The second-order valence-electron chi connectivity index (χ2n) is 12.7. The molecule has 198 valence electrons. The molecule has 3 saturated carbocycles. The molecular weight excluding hydrogens is 432 g/mol. The van der Waals surface area contributed by atoms with Gasteiger partial charge < -0.3 is 0 Å². The first kappa shape index (κ1) is 27.6. The van der Waals surface area contributed by atoms with E-state index < -0.39 is 0 Å². The molecule has 3 aliphatic carbocycles. The van der Waals surface area contributed by atoms with Crippen molar-refractivity contribution in [2.45, 2.75) is 135 Å². The van der Waals surface area contributed by atoms with Crippen LogP contribution in [-0.2, 0) is 0 Å². The van der Waals surface area contributed by atoms with Gasteiger partial charge in [0.05, 0.1) is 0 Å². The summed E-state index contributed by atoms with van der Waals surface area (Å²) in [6.07, 6.45) is 30.4. The Morgan fingerprint density at radius 2 is 1.19 bits per heavy atom. The molecule has 0 heteroatoms. The molecule has 0 radical (unpaired) electrons. The van der Waals surface area contributed by atoms with E-state index in [4.69, 9.17) is 0 Å². The Morgan fingerprint density at radius 3 is 1.75 bits per heavy atom. The van der Waals surface area contributed by atoms with Gasteiger partial charge in [-0.15, -0.1) is 0 Å². The monoisotopic (exact) mass is 486 g/mol. The Bertz CT molecular complexity index is 809. The fraction of sp³-hybridized carbons (Fsp3) is 0.722. The molecule has 0 nitrogen and oxygen atoms in total. The highest BCUT2D eigenvalue weighted by atomic mass is 14.4. The fourth-order valence-electron chi connectivity index (χ4n) is 7.68. The lowest BCUT2D eigenvalue weighted by Crippen LogP contribution is -2.25. The zero-order chi connectivity index (χ0) is 25.0. The summed E-state index contributed by atoms with van der Waals surface area (Å²) in [6.45, 7) is 4.65. The summed E-state index contributed by atoms with van der Waals surface area (Å²) in [7, 11) is 0. The van der Waals surface area contributed by atoms with Crippen LogP contribution in [0.1, 0.15) is 146 Å². The van der Waals surface area contributed by atoms with Crippen LogP contribution >= 0.6 is 0 Å². The van der Waals surface area contributed by atoms with Crippen LogP contribution in [0, 0.1) is 41.4 Å². The Morgan fingerprint density at radius 1 is 0.667 bits per heavy atom. The van der Waals surface area contributed by atoms with E-state index in [1.807, 2.05) is 0 Å². The maximum atomic E-state index is 3.39. The first-order valence-electron chi connectivity index (χ1n) is 16.0. The summed E-state index contributed by atoms with van der Waals surface area (Å²) >= 11 is 0. The minimum absolute atomic E-state index is 0.756. The third kappa shape index (κ3) is 8.54. The van der Waals surface area contributed by atoms with Crippen molar-refractivity contribution in [3.8, 4) is 11.8 Å². The van der Waals surface area contributed by atoms with Crippen LogP contribution < -0.4 is 0 Å². The van der Waals surface area contributed by atoms with Crippen LogP contribution in [0.5, 0.6) is 0 Å². The van der Waals surface area contributed by atoms with Crippen LogP contribution in [0.3, 0.4) is 0 Å². The normalized spacial score (nSPS) is 31.2. The Hall–Kier alpha value is -1.48. The maximum Gasteiger partial charge on any atom is 0.0249 e. The van der Waals surface area contributed by atoms with Crippen molar-refractivity contribution in [3.63, 3.8) is 0 Å². The second-order valence-corrected chi connectivity index (χ2v) is 12.7. The van der Waals surface area contributed by atoms with E-state index in [0.29, 0.717) is 0 Å². The van der Waals surface area contributed by atoms with E-state index >= 15 is 0 Å². The number of unbranched alkanes of at least 4 members (excludes halogenated alkanes) is 2. The molecule has 0 aromatic heterocycles. The first-order valence-corrected chi connectivity index (χ1v) is 16.0. The molecule has 0 spiro atoms. The lowest BCUT2D eigenvalue weighted by Gasteiger charge is -2.37. The molecule has 0 saturated heterocycles. The quantitative estimate of drug-likeness (QED) is 0.304. The zero-order valence-corrected chi connectivity index (χ0v) is 23.7. The molecule has 0 unspecified atom stereocenters. The third-order valence-electron chi connectivity index (χ3n) is 10.2. The predicted molar refractivity (Wildman–Crippen MR) is 157 cm³/mol. The summed E-state index contributed by atoms with van der Waals surface area (Å²) < 4.78 is 0. The molecule has 1 aromatic rings. The highest BCUT2D eigenvalue weighted by Gasteiger charge is 2.30.